The number of hydrogen-bond donors (Lipinski definition) is 2. The van der Waals surface area contributed by atoms with Gasteiger partial charge in [-0.25, -0.2) is 4.98 Å². The zero-order valence-electron chi connectivity index (χ0n) is 11.8. The summed E-state index contributed by atoms with van der Waals surface area (Å²) in [4.78, 5) is 16.0. The van der Waals surface area contributed by atoms with Crippen molar-refractivity contribution >= 4 is 11.7 Å². The quantitative estimate of drug-likeness (QED) is 0.910. The van der Waals surface area contributed by atoms with Crippen LogP contribution in [0.2, 0.25) is 0 Å². The normalized spacial score (nSPS) is 13.5. The first-order valence-corrected chi connectivity index (χ1v) is 7.27. The number of rotatable bonds is 3. The summed E-state index contributed by atoms with van der Waals surface area (Å²) in [6.45, 7) is 0. The number of nitrogens with one attached hydrogen (secondary N) is 1. The summed E-state index contributed by atoms with van der Waals surface area (Å²) in [7, 11) is 0. The Morgan fingerprint density at radius 1 is 1.19 bits per heavy atom. The molecule has 3 rings (SSSR count). The summed E-state index contributed by atoms with van der Waals surface area (Å²) in [5.41, 5.74) is 3.78. The van der Waals surface area contributed by atoms with Gasteiger partial charge in [0.2, 0.25) is 5.91 Å². The fourth-order valence-electron chi connectivity index (χ4n) is 2.75. The minimum atomic E-state index is -0.167. The van der Waals surface area contributed by atoms with Crippen LogP contribution in [0, 0.1) is 0 Å². The molecule has 0 aliphatic heterocycles. The van der Waals surface area contributed by atoms with Crippen LogP contribution in [0.5, 0.6) is 5.75 Å². The molecule has 2 aromatic rings. The number of carbonyl (C=O) groups is 1. The van der Waals surface area contributed by atoms with Gasteiger partial charge in [0.1, 0.15) is 0 Å². The van der Waals surface area contributed by atoms with Crippen LogP contribution in [0.1, 0.15) is 29.5 Å². The van der Waals surface area contributed by atoms with Crippen LogP contribution in [0.25, 0.3) is 0 Å². The van der Waals surface area contributed by atoms with Gasteiger partial charge in [-0.1, -0.05) is 18.2 Å². The van der Waals surface area contributed by atoms with E-state index >= 15 is 0 Å². The van der Waals surface area contributed by atoms with E-state index in [1.807, 2.05) is 6.07 Å². The van der Waals surface area contributed by atoms with E-state index < -0.39 is 0 Å². The van der Waals surface area contributed by atoms with Gasteiger partial charge in [-0.05, 0) is 54.5 Å². The van der Waals surface area contributed by atoms with Gasteiger partial charge in [-0.3, -0.25) is 4.79 Å². The van der Waals surface area contributed by atoms with Crippen molar-refractivity contribution in [3.05, 3.63) is 53.2 Å². The highest BCUT2D eigenvalue weighted by atomic mass is 16.3. The summed E-state index contributed by atoms with van der Waals surface area (Å²) in [5.74, 6) is 0.0245. The third kappa shape index (κ3) is 3.21. The minimum absolute atomic E-state index is 0.0173. The maximum atomic E-state index is 12.0. The first-order chi connectivity index (χ1) is 10.2. The Labute approximate surface area is 123 Å². The predicted octanol–water partition coefficient (Wildman–Crippen LogP) is 2.85. The Balaban J connectivity index is 1.69. The number of hydrogen-bond acceptors (Lipinski definition) is 3. The molecule has 0 spiro atoms. The molecule has 1 aliphatic carbocycles. The number of nitrogens with zero attached hydrogens (tertiary/aromatic N) is 1. The van der Waals surface area contributed by atoms with Crippen LogP contribution in [-0.4, -0.2) is 16.0 Å². The first-order valence-electron chi connectivity index (χ1n) is 7.27. The number of amides is 1. The number of aromatic hydroxyl groups is 1. The molecule has 1 amide bonds. The highest BCUT2D eigenvalue weighted by Gasteiger charge is 2.12. The Kier molecular flexibility index (Phi) is 3.86. The number of carbonyl (C=O) groups excluding carboxylic acids is 1. The van der Waals surface area contributed by atoms with E-state index in [-0.39, 0.29) is 17.5 Å². The monoisotopic (exact) mass is 282 g/mol. The van der Waals surface area contributed by atoms with Crippen molar-refractivity contribution in [2.75, 3.05) is 5.32 Å². The van der Waals surface area contributed by atoms with E-state index in [0.29, 0.717) is 6.42 Å². The van der Waals surface area contributed by atoms with Crippen LogP contribution in [0.4, 0.5) is 5.82 Å². The molecule has 4 heteroatoms. The van der Waals surface area contributed by atoms with Crippen molar-refractivity contribution in [1.82, 2.24) is 4.98 Å². The topological polar surface area (TPSA) is 62.2 Å². The number of aromatic nitrogens is 1. The Bertz CT molecular complexity index is 668. The highest BCUT2D eigenvalue weighted by molar-refractivity contribution is 5.92. The van der Waals surface area contributed by atoms with Crippen molar-refractivity contribution in [3.8, 4) is 5.75 Å². The van der Waals surface area contributed by atoms with Crippen molar-refractivity contribution < 1.29 is 9.90 Å². The molecule has 0 fully saturated rings. The molecule has 2 N–H and O–H groups in total. The maximum Gasteiger partial charge on any atom is 0.230 e. The number of fused-ring (bicyclic) bond motifs is 1. The Morgan fingerprint density at radius 2 is 2.00 bits per heavy atom. The third-order valence-electron chi connectivity index (χ3n) is 3.82. The fraction of sp³-hybridized carbons (Fsp3) is 0.294. The average Bonchev–Trinajstić information content (AvgIpc) is 2.49. The van der Waals surface area contributed by atoms with Gasteiger partial charge in [0, 0.05) is 6.20 Å². The molecule has 1 heterocycles. The molecule has 0 atom stereocenters. The zero-order chi connectivity index (χ0) is 14.7. The second-order valence-corrected chi connectivity index (χ2v) is 5.41. The average molecular weight is 282 g/mol. The predicted molar refractivity (Wildman–Crippen MR) is 81.3 cm³/mol. The largest absolute Gasteiger partial charge is 0.504 e. The van der Waals surface area contributed by atoms with Crippen LogP contribution in [0.3, 0.4) is 0 Å². The van der Waals surface area contributed by atoms with Crippen LogP contribution >= 0.6 is 0 Å². The maximum absolute atomic E-state index is 12.0. The molecule has 0 saturated carbocycles. The number of pyridine rings is 1. The summed E-state index contributed by atoms with van der Waals surface area (Å²) < 4.78 is 0. The van der Waals surface area contributed by atoms with E-state index in [0.717, 1.165) is 18.4 Å². The first kappa shape index (κ1) is 13.6. The smallest absolute Gasteiger partial charge is 0.230 e. The van der Waals surface area contributed by atoms with Crippen molar-refractivity contribution in [2.24, 2.45) is 0 Å². The van der Waals surface area contributed by atoms with Crippen LogP contribution in [0.15, 0.2) is 36.5 Å². The summed E-state index contributed by atoms with van der Waals surface area (Å²) in [6, 6.07) is 9.40. The molecule has 21 heavy (non-hydrogen) atoms. The second-order valence-electron chi connectivity index (χ2n) is 5.41. The molecule has 0 saturated heterocycles. The molecule has 0 radical (unpaired) electrons. The molecule has 1 aromatic carbocycles. The fourth-order valence-corrected chi connectivity index (χ4v) is 2.75. The van der Waals surface area contributed by atoms with Gasteiger partial charge in [0.15, 0.2) is 11.6 Å². The van der Waals surface area contributed by atoms with E-state index in [4.69, 9.17) is 0 Å². The Hall–Kier alpha value is -2.36. The van der Waals surface area contributed by atoms with E-state index in [9.17, 15) is 9.90 Å². The summed E-state index contributed by atoms with van der Waals surface area (Å²) in [6.07, 6.45) is 6.56. The van der Waals surface area contributed by atoms with Gasteiger partial charge in [-0.15, -0.1) is 0 Å². The second kappa shape index (κ2) is 5.95. The molecule has 1 aromatic heterocycles. The lowest BCUT2D eigenvalue weighted by Crippen LogP contribution is -2.16. The molecule has 108 valence electrons. The minimum Gasteiger partial charge on any atom is -0.504 e. The summed E-state index contributed by atoms with van der Waals surface area (Å²) in [5, 5.41) is 12.2. The lowest BCUT2D eigenvalue weighted by atomic mass is 9.90. The number of aryl methyl sites for hydroxylation is 2. The van der Waals surface area contributed by atoms with Crippen molar-refractivity contribution in [3.63, 3.8) is 0 Å². The molecule has 1 aliphatic rings. The van der Waals surface area contributed by atoms with Gasteiger partial charge in [0.25, 0.3) is 0 Å². The SMILES string of the molecule is O=C(Cc1ccc2c(c1)CCCC2)Nc1ncccc1O. The summed E-state index contributed by atoms with van der Waals surface area (Å²) >= 11 is 0. The molecular weight excluding hydrogens is 264 g/mol. The number of benzene rings is 1. The number of anilines is 1. The lowest BCUT2D eigenvalue weighted by molar-refractivity contribution is -0.115. The van der Waals surface area contributed by atoms with Gasteiger partial charge in [0.05, 0.1) is 6.42 Å². The molecule has 0 unspecified atom stereocenters. The van der Waals surface area contributed by atoms with Crippen molar-refractivity contribution in [1.29, 1.82) is 0 Å². The van der Waals surface area contributed by atoms with E-state index in [2.05, 4.69) is 22.4 Å². The van der Waals surface area contributed by atoms with Crippen molar-refractivity contribution in [2.45, 2.75) is 32.1 Å². The molecular formula is C17H18N2O2. The zero-order valence-corrected chi connectivity index (χ0v) is 11.8. The van der Waals surface area contributed by atoms with Gasteiger partial charge < -0.3 is 10.4 Å². The molecule has 4 nitrogen and oxygen atoms in total. The van der Waals surface area contributed by atoms with E-state index in [1.54, 1.807) is 6.07 Å². The lowest BCUT2D eigenvalue weighted by Gasteiger charge is -2.16. The van der Waals surface area contributed by atoms with Gasteiger partial charge >= 0.3 is 0 Å². The molecule has 0 bridgehead atoms. The van der Waals surface area contributed by atoms with Crippen LogP contribution < -0.4 is 5.32 Å². The van der Waals surface area contributed by atoms with Gasteiger partial charge in [-0.2, -0.15) is 0 Å². The highest BCUT2D eigenvalue weighted by Crippen LogP contribution is 2.23. The van der Waals surface area contributed by atoms with Crippen LogP contribution in [-0.2, 0) is 24.1 Å². The standard InChI is InChI=1S/C17H18N2O2/c20-15-6-3-9-18-17(15)19-16(21)11-12-7-8-13-4-1-2-5-14(13)10-12/h3,6-10,20H,1-2,4-5,11H2,(H,18,19,21). The third-order valence-corrected chi connectivity index (χ3v) is 3.82. The van der Waals surface area contributed by atoms with E-state index in [1.165, 1.54) is 36.2 Å². The Morgan fingerprint density at radius 3 is 2.81 bits per heavy atom.